The van der Waals surface area contributed by atoms with E-state index in [0.29, 0.717) is 18.8 Å². The van der Waals surface area contributed by atoms with Crippen LogP contribution in [0.3, 0.4) is 0 Å². The standard InChI is InChI=1S/C24H26N4O2/c1-19-5-4-14-25-22(19)12-9-20-7-10-21(11-8-20)30-24(29)28-17-15-27(16-18-28)23-6-2-3-13-26-23/h2-8,10-11,13-14H,9,12,15-18H2,1H3. The molecule has 0 N–H and O–H groups in total. The molecule has 0 unspecified atom stereocenters. The molecule has 0 atom stereocenters. The summed E-state index contributed by atoms with van der Waals surface area (Å²) >= 11 is 0. The molecule has 0 radical (unpaired) electrons. The highest BCUT2D eigenvalue weighted by Gasteiger charge is 2.23. The topological polar surface area (TPSA) is 58.6 Å². The van der Waals surface area contributed by atoms with Gasteiger partial charge in [-0.05, 0) is 61.2 Å². The zero-order valence-corrected chi connectivity index (χ0v) is 17.2. The van der Waals surface area contributed by atoms with Crippen molar-refractivity contribution in [2.75, 3.05) is 31.1 Å². The Morgan fingerprint density at radius 3 is 2.37 bits per heavy atom. The van der Waals surface area contributed by atoms with Crippen LogP contribution in [0.2, 0.25) is 0 Å². The molecule has 0 spiro atoms. The Kier molecular flexibility index (Phi) is 6.23. The minimum atomic E-state index is -0.299. The predicted molar refractivity (Wildman–Crippen MR) is 117 cm³/mol. The highest BCUT2D eigenvalue weighted by molar-refractivity contribution is 5.71. The van der Waals surface area contributed by atoms with Gasteiger partial charge in [0.25, 0.3) is 0 Å². The molecule has 2 aromatic heterocycles. The number of nitrogens with zero attached hydrogens (tertiary/aromatic N) is 4. The van der Waals surface area contributed by atoms with E-state index < -0.39 is 0 Å². The summed E-state index contributed by atoms with van der Waals surface area (Å²) in [5.74, 6) is 1.52. The first-order valence-electron chi connectivity index (χ1n) is 10.3. The third kappa shape index (κ3) is 4.95. The van der Waals surface area contributed by atoms with Crippen molar-refractivity contribution >= 4 is 11.9 Å². The minimum absolute atomic E-state index is 0.299. The van der Waals surface area contributed by atoms with Crippen LogP contribution < -0.4 is 9.64 Å². The first-order valence-corrected chi connectivity index (χ1v) is 10.3. The molecule has 0 bridgehead atoms. The van der Waals surface area contributed by atoms with Crippen molar-refractivity contribution in [2.45, 2.75) is 19.8 Å². The van der Waals surface area contributed by atoms with Gasteiger partial charge in [-0.2, -0.15) is 0 Å². The first kappa shape index (κ1) is 19.9. The van der Waals surface area contributed by atoms with Gasteiger partial charge in [-0.1, -0.05) is 24.3 Å². The fourth-order valence-electron chi connectivity index (χ4n) is 3.59. The van der Waals surface area contributed by atoms with Crippen molar-refractivity contribution in [3.05, 3.63) is 83.8 Å². The largest absolute Gasteiger partial charge is 0.415 e. The summed E-state index contributed by atoms with van der Waals surface area (Å²) in [6.07, 6.45) is 5.12. The maximum atomic E-state index is 12.5. The Hall–Kier alpha value is -3.41. The van der Waals surface area contributed by atoms with Crippen LogP contribution in [0, 0.1) is 6.92 Å². The third-order valence-corrected chi connectivity index (χ3v) is 5.41. The molecule has 1 aromatic carbocycles. The summed E-state index contributed by atoms with van der Waals surface area (Å²) in [6, 6.07) is 17.7. The van der Waals surface area contributed by atoms with Gasteiger partial charge >= 0.3 is 6.09 Å². The van der Waals surface area contributed by atoms with Gasteiger partial charge in [-0.15, -0.1) is 0 Å². The fraction of sp³-hybridized carbons (Fsp3) is 0.292. The van der Waals surface area contributed by atoms with E-state index in [4.69, 9.17) is 4.74 Å². The molecule has 3 heterocycles. The molecule has 6 heteroatoms. The molecule has 1 amide bonds. The molecule has 0 saturated carbocycles. The molecule has 30 heavy (non-hydrogen) atoms. The second kappa shape index (κ2) is 9.39. The number of carbonyl (C=O) groups is 1. The number of aryl methyl sites for hydroxylation is 3. The zero-order valence-electron chi connectivity index (χ0n) is 17.2. The monoisotopic (exact) mass is 402 g/mol. The highest BCUT2D eigenvalue weighted by atomic mass is 16.6. The second-order valence-electron chi connectivity index (χ2n) is 7.44. The third-order valence-electron chi connectivity index (χ3n) is 5.41. The van der Waals surface area contributed by atoms with Crippen LogP contribution >= 0.6 is 0 Å². The lowest BCUT2D eigenvalue weighted by molar-refractivity contribution is 0.149. The Balaban J connectivity index is 1.26. The van der Waals surface area contributed by atoms with Crippen LogP contribution in [0.15, 0.2) is 67.0 Å². The molecular formula is C24H26N4O2. The first-order chi connectivity index (χ1) is 14.7. The number of ether oxygens (including phenoxy) is 1. The quantitative estimate of drug-likeness (QED) is 0.648. The van der Waals surface area contributed by atoms with E-state index in [1.54, 1.807) is 11.1 Å². The lowest BCUT2D eigenvalue weighted by Gasteiger charge is -2.34. The second-order valence-corrected chi connectivity index (χ2v) is 7.44. The molecule has 154 valence electrons. The van der Waals surface area contributed by atoms with Gasteiger partial charge in [0.2, 0.25) is 0 Å². The highest BCUT2D eigenvalue weighted by Crippen LogP contribution is 2.17. The Labute approximate surface area is 177 Å². The minimum Gasteiger partial charge on any atom is -0.410 e. The predicted octanol–water partition coefficient (Wildman–Crippen LogP) is 3.89. The average molecular weight is 402 g/mol. The number of hydrogen-bond acceptors (Lipinski definition) is 5. The van der Waals surface area contributed by atoms with Gasteiger partial charge < -0.3 is 14.5 Å². The van der Waals surface area contributed by atoms with Crippen LogP contribution in [-0.2, 0) is 12.8 Å². The van der Waals surface area contributed by atoms with E-state index in [0.717, 1.165) is 37.4 Å². The molecule has 6 nitrogen and oxygen atoms in total. The molecule has 1 aliphatic heterocycles. The normalized spacial score (nSPS) is 13.9. The Morgan fingerprint density at radius 1 is 0.900 bits per heavy atom. The van der Waals surface area contributed by atoms with E-state index in [2.05, 4.69) is 27.9 Å². The summed E-state index contributed by atoms with van der Waals surface area (Å²) in [5.41, 5.74) is 3.54. The smallest absolute Gasteiger partial charge is 0.410 e. The summed E-state index contributed by atoms with van der Waals surface area (Å²) < 4.78 is 5.57. The SMILES string of the molecule is Cc1cccnc1CCc1ccc(OC(=O)N2CCN(c3ccccn3)CC2)cc1. The van der Waals surface area contributed by atoms with Crippen LogP contribution in [0.4, 0.5) is 10.6 Å². The number of anilines is 1. The lowest BCUT2D eigenvalue weighted by Crippen LogP contribution is -2.49. The van der Waals surface area contributed by atoms with Gasteiger partial charge in [0, 0.05) is 44.3 Å². The Morgan fingerprint density at radius 2 is 1.67 bits per heavy atom. The van der Waals surface area contributed by atoms with Crippen LogP contribution in [0.1, 0.15) is 16.8 Å². The van der Waals surface area contributed by atoms with Crippen molar-refractivity contribution in [3.8, 4) is 5.75 Å². The van der Waals surface area contributed by atoms with Crippen LogP contribution in [0.25, 0.3) is 0 Å². The summed E-state index contributed by atoms with van der Waals surface area (Å²) in [5, 5.41) is 0. The number of aromatic nitrogens is 2. The molecule has 3 aromatic rings. The van der Waals surface area contributed by atoms with Crippen molar-refractivity contribution in [1.82, 2.24) is 14.9 Å². The van der Waals surface area contributed by atoms with Gasteiger partial charge in [0.15, 0.2) is 0 Å². The van der Waals surface area contributed by atoms with Gasteiger partial charge in [0.05, 0.1) is 0 Å². The summed E-state index contributed by atoms with van der Waals surface area (Å²) in [6.45, 7) is 4.82. The number of rotatable bonds is 5. The average Bonchev–Trinajstić information content (AvgIpc) is 2.80. The van der Waals surface area contributed by atoms with Crippen LogP contribution in [-0.4, -0.2) is 47.1 Å². The van der Waals surface area contributed by atoms with E-state index in [-0.39, 0.29) is 6.09 Å². The maximum absolute atomic E-state index is 12.5. The summed E-state index contributed by atoms with van der Waals surface area (Å²) in [4.78, 5) is 25.3. The number of piperazine rings is 1. The fourth-order valence-corrected chi connectivity index (χ4v) is 3.59. The molecule has 0 aliphatic carbocycles. The van der Waals surface area contributed by atoms with Crippen molar-refractivity contribution < 1.29 is 9.53 Å². The molecule has 1 saturated heterocycles. The number of pyridine rings is 2. The van der Waals surface area contributed by atoms with Crippen molar-refractivity contribution in [2.24, 2.45) is 0 Å². The van der Waals surface area contributed by atoms with Gasteiger partial charge in [0.1, 0.15) is 11.6 Å². The van der Waals surface area contributed by atoms with E-state index in [1.165, 1.54) is 11.1 Å². The molecule has 1 aliphatic rings. The molecular weight excluding hydrogens is 376 g/mol. The van der Waals surface area contributed by atoms with Gasteiger partial charge in [-0.3, -0.25) is 4.98 Å². The number of benzene rings is 1. The van der Waals surface area contributed by atoms with Crippen molar-refractivity contribution in [1.29, 1.82) is 0 Å². The maximum Gasteiger partial charge on any atom is 0.415 e. The lowest BCUT2D eigenvalue weighted by atomic mass is 10.1. The summed E-state index contributed by atoms with van der Waals surface area (Å²) in [7, 11) is 0. The van der Waals surface area contributed by atoms with E-state index in [1.807, 2.05) is 54.7 Å². The number of hydrogen-bond donors (Lipinski definition) is 0. The van der Waals surface area contributed by atoms with Crippen LogP contribution in [0.5, 0.6) is 5.75 Å². The number of carbonyl (C=O) groups excluding carboxylic acids is 1. The van der Waals surface area contributed by atoms with E-state index >= 15 is 0 Å². The zero-order chi connectivity index (χ0) is 20.8. The molecule has 1 fully saturated rings. The Bertz CT molecular complexity index is 968. The van der Waals surface area contributed by atoms with Crippen molar-refractivity contribution in [3.63, 3.8) is 0 Å². The van der Waals surface area contributed by atoms with Gasteiger partial charge in [-0.25, -0.2) is 9.78 Å². The van der Waals surface area contributed by atoms with E-state index in [9.17, 15) is 4.79 Å². The number of amides is 1. The molecule has 4 rings (SSSR count).